The van der Waals surface area contributed by atoms with E-state index >= 15 is 0 Å². The van der Waals surface area contributed by atoms with Gasteiger partial charge in [0.05, 0.1) is 6.42 Å². The number of benzene rings is 1. The van der Waals surface area contributed by atoms with Crippen LogP contribution in [0.4, 0.5) is 5.13 Å². The maximum absolute atomic E-state index is 12.2. The number of unbranched alkanes of at least 4 members (excludes halogenated alkanes) is 1. The molecule has 26 heavy (non-hydrogen) atoms. The molecule has 0 bridgehead atoms. The zero-order valence-electron chi connectivity index (χ0n) is 14.4. The van der Waals surface area contributed by atoms with E-state index in [0.29, 0.717) is 18.0 Å². The van der Waals surface area contributed by atoms with Gasteiger partial charge in [-0.2, -0.15) is 0 Å². The highest BCUT2D eigenvalue weighted by molar-refractivity contribution is 7.14. The highest BCUT2D eigenvalue weighted by Gasteiger charge is 2.21. The van der Waals surface area contributed by atoms with Gasteiger partial charge in [-0.1, -0.05) is 50.1 Å². The fourth-order valence-corrected chi connectivity index (χ4v) is 2.98. The molecule has 8 heteroatoms. The van der Waals surface area contributed by atoms with Gasteiger partial charge in [-0.25, -0.2) is 9.78 Å². The van der Waals surface area contributed by atoms with Crippen LogP contribution in [0.2, 0.25) is 0 Å². The van der Waals surface area contributed by atoms with Crippen LogP contribution in [0.15, 0.2) is 35.7 Å². The molecule has 0 aliphatic carbocycles. The van der Waals surface area contributed by atoms with Crippen molar-refractivity contribution in [2.75, 3.05) is 5.32 Å². The molecule has 2 aromatic rings. The molecule has 1 heterocycles. The van der Waals surface area contributed by atoms with E-state index in [9.17, 15) is 19.5 Å². The fourth-order valence-electron chi connectivity index (χ4n) is 2.28. The van der Waals surface area contributed by atoms with Crippen LogP contribution >= 0.6 is 11.3 Å². The first kappa shape index (κ1) is 19.6. The summed E-state index contributed by atoms with van der Waals surface area (Å²) in [5.74, 6) is -1.87. The Morgan fingerprint density at radius 2 is 1.96 bits per heavy atom. The van der Waals surface area contributed by atoms with Crippen molar-refractivity contribution in [3.05, 3.63) is 47.0 Å². The zero-order valence-corrected chi connectivity index (χ0v) is 15.2. The number of rotatable bonds is 9. The van der Waals surface area contributed by atoms with Crippen molar-refractivity contribution < 1.29 is 19.5 Å². The van der Waals surface area contributed by atoms with Crippen molar-refractivity contribution in [2.45, 2.75) is 38.6 Å². The predicted molar refractivity (Wildman–Crippen MR) is 99.3 cm³/mol. The molecular formula is C18H21N3O4S. The summed E-state index contributed by atoms with van der Waals surface area (Å²) < 4.78 is 0. The third kappa shape index (κ3) is 5.96. The first-order valence-electron chi connectivity index (χ1n) is 8.32. The summed E-state index contributed by atoms with van der Waals surface area (Å²) in [5, 5.41) is 16.1. The summed E-state index contributed by atoms with van der Waals surface area (Å²) in [6.07, 6.45) is 2.12. The molecule has 1 unspecified atom stereocenters. The molecule has 0 radical (unpaired) electrons. The van der Waals surface area contributed by atoms with E-state index in [-0.39, 0.29) is 18.0 Å². The predicted octanol–water partition coefficient (Wildman–Crippen LogP) is 2.70. The molecule has 0 spiro atoms. The number of amides is 2. The Morgan fingerprint density at radius 3 is 2.62 bits per heavy atom. The highest BCUT2D eigenvalue weighted by Crippen LogP contribution is 2.16. The Morgan fingerprint density at radius 1 is 1.23 bits per heavy atom. The molecule has 0 fully saturated rings. The lowest BCUT2D eigenvalue weighted by molar-refractivity contribution is -0.139. The van der Waals surface area contributed by atoms with Crippen LogP contribution in [-0.4, -0.2) is 33.9 Å². The van der Waals surface area contributed by atoms with Gasteiger partial charge in [-0.15, -0.1) is 11.3 Å². The number of hydrogen-bond donors (Lipinski definition) is 3. The molecule has 0 aliphatic rings. The maximum atomic E-state index is 12.2. The van der Waals surface area contributed by atoms with Crippen molar-refractivity contribution in [3.8, 4) is 0 Å². The van der Waals surface area contributed by atoms with Gasteiger partial charge < -0.3 is 15.7 Å². The quantitative estimate of drug-likeness (QED) is 0.624. The minimum Gasteiger partial charge on any atom is -0.480 e. The highest BCUT2D eigenvalue weighted by atomic mass is 32.1. The van der Waals surface area contributed by atoms with E-state index in [2.05, 4.69) is 15.6 Å². The van der Waals surface area contributed by atoms with E-state index in [1.54, 1.807) is 0 Å². The second-order valence-corrected chi connectivity index (χ2v) is 6.61. The number of carbonyl (C=O) groups is 3. The van der Waals surface area contributed by atoms with Crippen LogP contribution < -0.4 is 10.6 Å². The Labute approximate surface area is 155 Å². The summed E-state index contributed by atoms with van der Waals surface area (Å²) in [5.41, 5.74) is 0.965. The third-order valence-corrected chi connectivity index (χ3v) is 4.40. The van der Waals surface area contributed by atoms with E-state index in [1.165, 1.54) is 5.38 Å². The number of anilines is 1. The summed E-state index contributed by atoms with van der Waals surface area (Å²) in [6.45, 7) is 1.95. The molecular weight excluding hydrogens is 354 g/mol. The van der Waals surface area contributed by atoms with E-state index < -0.39 is 17.9 Å². The van der Waals surface area contributed by atoms with Gasteiger partial charge in [0.25, 0.3) is 5.91 Å². The topological polar surface area (TPSA) is 108 Å². The van der Waals surface area contributed by atoms with Gasteiger partial charge in [0.2, 0.25) is 5.91 Å². The average Bonchev–Trinajstić information content (AvgIpc) is 3.07. The summed E-state index contributed by atoms with van der Waals surface area (Å²) in [6, 6.07) is 8.33. The number of carboxylic acid groups (broad SMARTS) is 1. The number of aliphatic carboxylic acids is 1. The van der Waals surface area contributed by atoms with Crippen LogP contribution in [0, 0.1) is 0 Å². The molecule has 3 N–H and O–H groups in total. The number of carboxylic acids is 1. The lowest BCUT2D eigenvalue weighted by atomic mass is 10.1. The molecule has 1 atom stereocenters. The Balaban J connectivity index is 1.92. The van der Waals surface area contributed by atoms with E-state index in [0.717, 1.165) is 23.3 Å². The standard InChI is InChI=1S/C18H21N3O4S/c1-2-3-9-13(17(24)25)19-16(23)14-11-26-18(20-14)21-15(22)10-12-7-5-4-6-8-12/h4-8,11,13H,2-3,9-10H2,1H3,(H,19,23)(H,24,25)(H,20,21,22). The number of nitrogens with one attached hydrogen (secondary N) is 2. The second-order valence-electron chi connectivity index (χ2n) is 5.75. The van der Waals surface area contributed by atoms with Crippen LogP contribution in [0.5, 0.6) is 0 Å². The molecule has 0 saturated heterocycles. The van der Waals surface area contributed by atoms with Crippen molar-refractivity contribution in [3.63, 3.8) is 0 Å². The van der Waals surface area contributed by atoms with Crippen LogP contribution in [0.3, 0.4) is 0 Å². The monoisotopic (exact) mass is 375 g/mol. The summed E-state index contributed by atoms with van der Waals surface area (Å²) >= 11 is 1.12. The number of thiazole rings is 1. The first-order valence-corrected chi connectivity index (χ1v) is 9.20. The second kappa shape index (κ2) is 9.67. The van der Waals surface area contributed by atoms with Crippen molar-refractivity contribution in [1.82, 2.24) is 10.3 Å². The normalized spacial score (nSPS) is 11.6. The van der Waals surface area contributed by atoms with Crippen molar-refractivity contribution in [1.29, 1.82) is 0 Å². The molecule has 1 aromatic carbocycles. The number of aromatic nitrogens is 1. The Hall–Kier alpha value is -2.74. The minimum atomic E-state index is -1.07. The molecule has 7 nitrogen and oxygen atoms in total. The maximum Gasteiger partial charge on any atom is 0.326 e. The van der Waals surface area contributed by atoms with Gasteiger partial charge in [0, 0.05) is 5.38 Å². The molecule has 2 amide bonds. The number of hydrogen-bond acceptors (Lipinski definition) is 5. The van der Waals surface area contributed by atoms with Crippen LogP contribution in [0.1, 0.15) is 42.2 Å². The van der Waals surface area contributed by atoms with Crippen molar-refractivity contribution in [2.24, 2.45) is 0 Å². The molecule has 0 aliphatic heterocycles. The van der Waals surface area contributed by atoms with E-state index in [4.69, 9.17) is 0 Å². The number of carbonyl (C=O) groups excluding carboxylic acids is 2. The first-order chi connectivity index (χ1) is 12.5. The van der Waals surface area contributed by atoms with Gasteiger partial charge in [-0.3, -0.25) is 9.59 Å². The lowest BCUT2D eigenvalue weighted by Gasteiger charge is -2.12. The van der Waals surface area contributed by atoms with Gasteiger partial charge in [-0.05, 0) is 12.0 Å². The largest absolute Gasteiger partial charge is 0.480 e. The van der Waals surface area contributed by atoms with Crippen molar-refractivity contribution >= 4 is 34.3 Å². The average molecular weight is 375 g/mol. The molecule has 1 aromatic heterocycles. The lowest BCUT2D eigenvalue weighted by Crippen LogP contribution is -2.40. The number of nitrogens with zero attached hydrogens (tertiary/aromatic N) is 1. The SMILES string of the molecule is CCCCC(NC(=O)c1csc(NC(=O)Cc2ccccc2)n1)C(=O)O. The summed E-state index contributed by atoms with van der Waals surface area (Å²) in [4.78, 5) is 39.5. The molecule has 0 saturated carbocycles. The third-order valence-electron chi connectivity index (χ3n) is 3.64. The van der Waals surface area contributed by atoms with Gasteiger partial charge in [0.15, 0.2) is 5.13 Å². The summed E-state index contributed by atoms with van der Waals surface area (Å²) in [7, 11) is 0. The smallest absolute Gasteiger partial charge is 0.326 e. The van der Waals surface area contributed by atoms with Gasteiger partial charge in [0.1, 0.15) is 11.7 Å². The Bertz CT molecular complexity index is 761. The van der Waals surface area contributed by atoms with Gasteiger partial charge >= 0.3 is 5.97 Å². The fraction of sp³-hybridized carbons (Fsp3) is 0.333. The zero-order chi connectivity index (χ0) is 18.9. The van der Waals surface area contributed by atoms with E-state index in [1.807, 2.05) is 37.3 Å². The Kier molecular flexibility index (Phi) is 7.28. The molecule has 2 rings (SSSR count). The van der Waals surface area contributed by atoms with Crippen LogP contribution in [-0.2, 0) is 16.0 Å². The molecule has 138 valence electrons. The van der Waals surface area contributed by atoms with Crippen LogP contribution in [0.25, 0.3) is 0 Å². The minimum absolute atomic E-state index is 0.0905.